The van der Waals surface area contributed by atoms with E-state index >= 15 is 0 Å². The maximum absolute atomic E-state index is 12.6. The number of halogens is 3. The van der Waals surface area contributed by atoms with Gasteiger partial charge in [-0.1, -0.05) is 0 Å². The second-order valence-electron chi connectivity index (χ2n) is 3.89. The summed E-state index contributed by atoms with van der Waals surface area (Å²) in [5.41, 5.74) is 7.38. The van der Waals surface area contributed by atoms with Crippen molar-refractivity contribution in [2.24, 2.45) is 5.84 Å². The fourth-order valence-electron chi connectivity index (χ4n) is 1.33. The van der Waals surface area contributed by atoms with Gasteiger partial charge in [0.2, 0.25) is 10.0 Å². The molecule has 0 aliphatic rings. The molecule has 0 saturated carbocycles. The number of hydrogen-bond donors (Lipinski definition) is 3. The number of nitrogens with zero attached hydrogens (tertiary/aromatic N) is 1. The SMILES string of the molecule is CS(=O)(=O)N(N)C(=O)c1cc(N)c(C(F)(F)F)cc1N. The Morgan fingerprint density at radius 1 is 1.20 bits per heavy atom. The third kappa shape index (κ3) is 3.11. The van der Waals surface area contributed by atoms with Gasteiger partial charge in [0.1, 0.15) is 0 Å². The number of hydrazine groups is 1. The molecule has 0 aromatic heterocycles. The van der Waals surface area contributed by atoms with E-state index in [4.69, 9.17) is 17.3 Å². The topological polar surface area (TPSA) is 133 Å². The molecule has 0 bridgehead atoms. The molecule has 1 rings (SSSR count). The lowest BCUT2D eigenvalue weighted by atomic mass is 10.1. The van der Waals surface area contributed by atoms with E-state index in [1.807, 2.05) is 0 Å². The molecule has 11 heteroatoms. The molecule has 1 amide bonds. The molecule has 112 valence electrons. The summed E-state index contributed by atoms with van der Waals surface area (Å²) in [5, 5.41) is 0. The lowest BCUT2D eigenvalue weighted by molar-refractivity contribution is -0.136. The van der Waals surface area contributed by atoms with Crippen LogP contribution in [0.2, 0.25) is 0 Å². The van der Waals surface area contributed by atoms with Crippen molar-refractivity contribution < 1.29 is 26.4 Å². The smallest absolute Gasteiger partial charge is 0.398 e. The zero-order valence-corrected chi connectivity index (χ0v) is 10.9. The van der Waals surface area contributed by atoms with Crippen molar-refractivity contribution in [3.63, 3.8) is 0 Å². The van der Waals surface area contributed by atoms with Crippen LogP contribution in [0, 0.1) is 0 Å². The maximum atomic E-state index is 12.6. The fourth-order valence-corrected chi connectivity index (χ4v) is 1.73. The Balaban J connectivity index is 3.37. The lowest BCUT2D eigenvalue weighted by Crippen LogP contribution is -2.42. The van der Waals surface area contributed by atoms with E-state index in [0.29, 0.717) is 18.4 Å². The number of carbonyl (C=O) groups excluding carboxylic acids is 1. The molecule has 0 heterocycles. The van der Waals surface area contributed by atoms with Gasteiger partial charge in [0, 0.05) is 11.4 Å². The number of anilines is 2. The highest BCUT2D eigenvalue weighted by atomic mass is 32.2. The first kappa shape index (κ1) is 16.0. The van der Waals surface area contributed by atoms with Crippen molar-refractivity contribution in [1.82, 2.24) is 4.41 Å². The van der Waals surface area contributed by atoms with Gasteiger partial charge in [-0.2, -0.15) is 17.6 Å². The van der Waals surface area contributed by atoms with E-state index in [1.165, 1.54) is 0 Å². The van der Waals surface area contributed by atoms with Crippen LogP contribution in [0.4, 0.5) is 24.5 Å². The van der Waals surface area contributed by atoms with Crippen LogP contribution < -0.4 is 17.3 Å². The van der Waals surface area contributed by atoms with Gasteiger partial charge in [0.15, 0.2) is 0 Å². The number of benzene rings is 1. The Bertz CT molecular complexity index is 657. The highest BCUT2D eigenvalue weighted by Crippen LogP contribution is 2.36. The Kier molecular flexibility index (Phi) is 3.87. The summed E-state index contributed by atoms with van der Waals surface area (Å²) in [4.78, 5) is 11.7. The number of alkyl halides is 3. The Labute approximate surface area is 112 Å². The van der Waals surface area contributed by atoms with Crippen molar-refractivity contribution in [3.05, 3.63) is 23.3 Å². The fraction of sp³-hybridized carbons (Fsp3) is 0.222. The standard InChI is InChI=1S/C9H11F3N4O3S/c1-20(18,19)16(15)8(17)4-2-7(14)5(3-6(4)13)9(10,11)12/h2-3H,13-15H2,1H3. The van der Waals surface area contributed by atoms with Crippen molar-refractivity contribution in [2.45, 2.75) is 6.18 Å². The van der Waals surface area contributed by atoms with Crippen molar-refractivity contribution >= 4 is 27.3 Å². The van der Waals surface area contributed by atoms with Crippen LogP contribution in [0.25, 0.3) is 0 Å². The molecule has 0 spiro atoms. The van der Waals surface area contributed by atoms with Gasteiger partial charge in [-0.3, -0.25) is 4.79 Å². The summed E-state index contributed by atoms with van der Waals surface area (Å²) in [6, 6.07) is 1.07. The molecule has 0 saturated heterocycles. The molecule has 0 fully saturated rings. The minimum Gasteiger partial charge on any atom is -0.398 e. The zero-order valence-electron chi connectivity index (χ0n) is 10.1. The summed E-state index contributed by atoms with van der Waals surface area (Å²) >= 11 is 0. The molecule has 0 atom stereocenters. The molecule has 6 N–H and O–H groups in total. The first-order valence-electron chi connectivity index (χ1n) is 4.91. The largest absolute Gasteiger partial charge is 0.418 e. The van der Waals surface area contributed by atoms with E-state index in [-0.39, 0.29) is 4.41 Å². The van der Waals surface area contributed by atoms with E-state index in [9.17, 15) is 26.4 Å². The molecular weight excluding hydrogens is 301 g/mol. The highest BCUT2D eigenvalue weighted by Gasteiger charge is 2.35. The Morgan fingerprint density at radius 3 is 2.10 bits per heavy atom. The first-order valence-corrected chi connectivity index (χ1v) is 6.76. The summed E-state index contributed by atoms with van der Waals surface area (Å²) in [7, 11) is -4.08. The minimum absolute atomic E-state index is 0.134. The number of hydrogen-bond acceptors (Lipinski definition) is 6. The number of amides is 1. The molecule has 0 aliphatic heterocycles. The second-order valence-corrected chi connectivity index (χ2v) is 5.75. The Hall–Kier alpha value is -2.01. The third-order valence-corrected chi connectivity index (χ3v) is 3.20. The quantitative estimate of drug-likeness (QED) is 0.308. The lowest BCUT2D eigenvalue weighted by Gasteiger charge is -2.17. The number of carbonyl (C=O) groups is 1. The van der Waals surface area contributed by atoms with E-state index in [0.717, 1.165) is 0 Å². The van der Waals surface area contributed by atoms with Gasteiger partial charge in [-0.15, -0.1) is 0 Å². The van der Waals surface area contributed by atoms with Gasteiger partial charge in [0.25, 0.3) is 5.91 Å². The molecule has 1 aromatic rings. The van der Waals surface area contributed by atoms with Gasteiger partial charge in [-0.05, 0) is 12.1 Å². The first-order chi connectivity index (χ1) is 8.85. The van der Waals surface area contributed by atoms with E-state index < -0.39 is 44.6 Å². The molecule has 7 nitrogen and oxygen atoms in total. The maximum Gasteiger partial charge on any atom is 0.418 e. The summed E-state index contributed by atoms with van der Waals surface area (Å²) < 4.78 is 59.7. The van der Waals surface area contributed by atoms with Crippen molar-refractivity contribution in [3.8, 4) is 0 Å². The molecule has 0 unspecified atom stereocenters. The number of rotatable bonds is 2. The van der Waals surface area contributed by atoms with Crippen LogP contribution in [0.15, 0.2) is 12.1 Å². The van der Waals surface area contributed by atoms with Gasteiger partial charge in [0.05, 0.1) is 17.4 Å². The average molecular weight is 312 g/mol. The van der Waals surface area contributed by atoms with Gasteiger partial charge < -0.3 is 11.5 Å². The highest BCUT2D eigenvalue weighted by molar-refractivity contribution is 7.88. The molecular formula is C9H11F3N4O3S. The van der Waals surface area contributed by atoms with Gasteiger partial charge >= 0.3 is 6.18 Å². The molecule has 20 heavy (non-hydrogen) atoms. The third-order valence-electron chi connectivity index (χ3n) is 2.31. The molecule has 0 aliphatic carbocycles. The number of nitrogen functional groups attached to an aromatic ring is 2. The van der Waals surface area contributed by atoms with Crippen LogP contribution in [0.1, 0.15) is 15.9 Å². The number of nitrogens with two attached hydrogens (primary N) is 3. The van der Waals surface area contributed by atoms with E-state index in [1.54, 1.807) is 0 Å². The molecule has 0 radical (unpaired) electrons. The van der Waals surface area contributed by atoms with Crippen LogP contribution in [-0.2, 0) is 16.2 Å². The second kappa shape index (κ2) is 4.83. The van der Waals surface area contributed by atoms with Crippen LogP contribution >= 0.6 is 0 Å². The summed E-state index contributed by atoms with van der Waals surface area (Å²) in [6.07, 6.45) is -4.10. The predicted octanol–water partition coefficient (Wildman–Crippen LogP) is 0.145. The average Bonchev–Trinajstić information content (AvgIpc) is 2.27. The van der Waals surface area contributed by atoms with Crippen LogP contribution in [0.3, 0.4) is 0 Å². The van der Waals surface area contributed by atoms with Crippen molar-refractivity contribution in [1.29, 1.82) is 0 Å². The zero-order chi connectivity index (χ0) is 15.9. The number of sulfonamides is 1. The monoisotopic (exact) mass is 312 g/mol. The minimum atomic E-state index is -4.75. The van der Waals surface area contributed by atoms with Crippen LogP contribution in [0.5, 0.6) is 0 Å². The molecule has 1 aromatic carbocycles. The predicted molar refractivity (Wildman–Crippen MR) is 65.5 cm³/mol. The Morgan fingerprint density at radius 2 is 1.70 bits per heavy atom. The normalized spacial score (nSPS) is 12.2. The van der Waals surface area contributed by atoms with Crippen LogP contribution in [-0.4, -0.2) is 25.0 Å². The summed E-state index contributed by atoms with van der Waals surface area (Å²) in [5.74, 6) is 3.76. The van der Waals surface area contributed by atoms with Crippen molar-refractivity contribution in [2.75, 3.05) is 17.7 Å². The van der Waals surface area contributed by atoms with E-state index in [2.05, 4.69) is 0 Å². The summed E-state index contributed by atoms with van der Waals surface area (Å²) in [6.45, 7) is 0. The van der Waals surface area contributed by atoms with Gasteiger partial charge in [-0.25, -0.2) is 14.3 Å².